The molecule has 2 rings (SSSR count). The molecule has 2 heterocycles. The van der Waals surface area contributed by atoms with E-state index in [9.17, 15) is 0 Å². The minimum absolute atomic E-state index is 0.702. The Hall–Kier alpha value is -1.28. The van der Waals surface area contributed by atoms with Crippen LogP contribution in [-0.4, -0.2) is 42.0 Å². The van der Waals surface area contributed by atoms with Gasteiger partial charge in [0.25, 0.3) is 0 Å². The second-order valence-corrected chi connectivity index (χ2v) is 3.86. The molecule has 0 atom stereocenters. The van der Waals surface area contributed by atoms with E-state index in [4.69, 9.17) is 5.26 Å². The molecule has 0 unspecified atom stereocenters. The average molecular weight is 206 g/mol. The van der Waals surface area contributed by atoms with Crippen LogP contribution in [0.2, 0.25) is 0 Å². The molecule has 15 heavy (non-hydrogen) atoms. The topological polar surface area (TPSA) is 54.7 Å². The lowest BCUT2D eigenvalue weighted by Crippen LogP contribution is -2.55. The van der Waals surface area contributed by atoms with Crippen LogP contribution in [0.15, 0.2) is 4.99 Å². The van der Waals surface area contributed by atoms with E-state index < -0.39 is 0 Å². The summed E-state index contributed by atoms with van der Waals surface area (Å²) < 4.78 is 0. The molecule has 0 amide bonds. The number of likely N-dealkylation sites (tertiary alicyclic amines) is 1. The van der Waals surface area contributed by atoms with Gasteiger partial charge in [0.2, 0.25) is 12.2 Å². The lowest BCUT2D eigenvalue weighted by molar-refractivity contribution is 0.136. The lowest BCUT2D eigenvalue weighted by atomic mass is 10.1. The maximum absolute atomic E-state index is 8.64. The third-order valence-corrected chi connectivity index (χ3v) is 2.76. The van der Waals surface area contributed by atoms with Crippen LogP contribution < -0.4 is 5.43 Å². The predicted octanol–water partition coefficient (Wildman–Crippen LogP) is 0.334. The summed E-state index contributed by atoms with van der Waals surface area (Å²) in [5, 5.41) is 10.7. The summed E-state index contributed by atoms with van der Waals surface area (Å²) in [7, 11) is 0. The van der Waals surface area contributed by atoms with Crippen molar-refractivity contribution in [3.05, 3.63) is 6.42 Å². The molecule has 1 radical (unpaired) electrons. The van der Waals surface area contributed by atoms with E-state index in [-0.39, 0.29) is 0 Å². The number of hydrazine groups is 1. The Morgan fingerprint density at radius 1 is 1.33 bits per heavy atom. The van der Waals surface area contributed by atoms with Crippen molar-refractivity contribution in [2.75, 3.05) is 26.2 Å². The summed E-state index contributed by atoms with van der Waals surface area (Å²) in [6.07, 6.45) is 7.63. The van der Waals surface area contributed by atoms with Crippen LogP contribution in [0.5, 0.6) is 0 Å². The molecule has 81 valence electrons. The SMILES string of the molecule is N#CN=C(NN1CCC1)N1C[CH]CCC1. The second-order valence-electron chi connectivity index (χ2n) is 3.86. The number of piperidine rings is 1. The molecule has 0 bridgehead atoms. The summed E-state index contributed by atoms with van der Waals surface area (Å²) in [5.74, 6) is 0.702. The van der Waals surface area contributed by atoms with Crippen molar-refractivity contribution in [1.29, 1.82) is 5.26 Å². The van der Waals surface area contributed by atoms with Gasteiger partial charge in [0, 0.05) is 26.2 Å². The molecule has 2 aliphatic heterocycles. The summed E-state index contributed by atoms with van der Waals surface area (Å²) in [6, 6.07) is 0. The molecule has 0 spiro atoms. The number of nitrogens with one attached hydrogen (secondary N) is 1. The van der Waals surface area contributed by atoms with Gasteiger partial charge in [-0.2, -0.15) is 5.26 Å². The first-order chi connectivity index (χ1) is 7.40. The highest BCUT2D eigenvalue weighted by Gasteiger charge is 2.20. The van der Waals surface area contributed by atoms with Crippen molar-refractivity contribution >= 4 is 5.96 Å². The van der Waals surface area contributed by atoms with Gasteiger partial charge in [0.05, 0.1) is 0 Å². The average Bonchev–Trinajstić information content (AvgIpc) is 2.23. The van der Waals surface area contributed by atoms with Gasteiger partial charge in [0.1, 0.15) is 0 Å². The number of nitriles is 1. The maximum Gasteiger partial charge on any atom is 0.224 e. The largest absolute Gasteiger partial charge is 0.341 e. The third-order valence-electron chi connectivity index (χ3n) is 2.76. The first kappa shape index (κ1) is 10.2. The lowest BCUT2D eigenvalue weighted by Gasteiger charge is -2.36. The molecule has 2 saturated heterocycles. The molecule has 0 aliphatic carbocycles. The maximum atomic E-state index is 8.64. The zero-order valence-corrected chi connectivity index (χ0v) is 8.82. The van der Waals surface area contributed by atoms with Crippen LogP contribution in [0.3, 0.4) is 0 Å². The van der Waals surface area contributed by atoms with Gasteiger partial charge >= 0.3 is 0 Å². The Morgan fingerprint density at radius 3 is 2.73 bits per heavy atom. The van der Waals surface area contributed by atoms with Gasteiger partial charge < -0.3 is 4.90 Å². The van der Waals surface area contributed by atoms with Gasteiger partial charge in [-0.15, -0.1) is 4.99 Å². The smallest absolute Gasteiger partial charge is 0.224 e. The fourth-order valence-corrected chi connectivity index (χ4v) is 1.74. The minimum Gasteiger partial charge on any atom is -0.341 e. The number of hydrogen-bond acceptors (Lipinski definition) is 3. The van der Waals surface area contributed by atoms with E-state index in [0.717, 1.165) is 32.6 Å². The first-order valence-corrected chi connectivity index (χ1v) is 5.45. The number of rotatable bonds is 1. The Balaban J connectivity index is 1.92. The van der Waals surface area contributed by atoms with Gasteiger partial charge in [-0.3, -0.25) is 5.43 Å². The normalized spacial score (nSPS) is 23.1. The highest BCUT2D eigenvalue weighted by molar-refractivity contribution is 5.80. The Morgan fingerprint density at radius 2 is 2.20 bits per heavy atom. The van der Waals surface area contributed by atoms with Crippen molar-refractivity contribution in [1.82, 2.24) is 15.3 Å². The van der Waals surface area contributed by atoms with Crippen LogP contribution in [0.1, 0.15) is 19.3 Å². The van der Waals surface area contributed by atoms with Crippen LogP contribution in [0.4, 0.5) is 0 Å². The molecule has 2 aliphatic rings. The van der Waals surface area contributed by atoms with Crippen molar-refractivity contribution in [3.63, 3.8) is 0 Å². The van der Waals surface area contributed by atoms with Crippen molar-refractivity contribution in [2.24, 2.45) is 4.99 Å². The van der Waals surface area contributed by atoms with Crippen LogP contribution in [0, 0.1) is 17.9 Å². The molecule has 0 aromatic carbocycles. The molecular weight excluding hydrogens is 190 g/mol. The van der Waals surface area contributed by atoms with Gasteiger partial charge in [-0.1, -0.05) is 0 Å². The van der Waals surface area contributed by atoms with Gasteiger partial charge in [-0.05, 0) is 25.7 Å². The molecule has 0 aromatic rings. The highest BCUT2D eigenvalue weighted by atomic mass is 15.6. The van der Waals surface area contributed by atoms with Gasteiger partial charge in [-0.25, -0.2) is 5.01 Å². The summed E-state index contributed by atoms with van der Waals surface area (Å²) >= 11 is 0. The van der Waals surface area contributed by atoms with E-state index in [2.05, 4.69) is 26.7 Å². The Bertz CT molecular complexity index is 270. The van der Waals surface area contributed by atoms with Crippen LogP contribution in [0.25, 0.3) is 0 Å². The number of guanidine groups is 1. The summed E-state index contributed by atoms with van der Waals surface area (Å²) in [6.45, 7) is 3.96. The highest BCUT2D eigenvalue weighted by Crippen LogP contribution is 2.09. The molecular formula is C10H16N5. The van der Waals surface area contributed by atoms with Crippen LogP contribution >= 0.6 is 0 Å². The van der Waals surface area contributed by atoms with E-state index >= 15 is 0 Å². The molecule has 0 saturated carbocycles. The van der Waals surface area contributed by atoms with Crippen LogP contribution in [-0.2, 0) is 0 Å². The van der Waals surface area contributed by atoms with Gasteiger partial charge in [0.15, 0.2) is 0 Å². The molecule has 2 fully saturated rings. The predicted molar refractivity (Wildman–Crippen MR) is 57.5 cm³/mol. The first-order valence-electron chi connectivity index (χ1n) is 5.45. The number of nitrogens with zero attached hydrogens (tertiary/aromatic N) is 4. The monoisotopic (exact) mass is 206 g/mol. The molecule has 1 N–H and O–H groups in total. The third kappa shape index (κ3) is 2.60. The summed E-state index contributed by atoms with van der Waals surface area (Å²) in [4.78, 5) is 5.96. The zero-order valence-electron chi connectivity index (χ0n) is 8.82. The number of aliphatic imine (C=N–C) groups is 1. The molecule has 0 aromatic heterocycles. The Labute approximate surface area is 90.3 Å². The minimum atomic E-state index is 0.702. The van der Waals surface area contributed by atoms with Crippen molar-refractivity contribution < 1.29 is 0 Å². The quantitative estimate of drug-likeness (QED) is 0.382. The van der Waals surface area contributed by atoms with E-state index in [1.165, 1.54) is 12.8 Å². The fraction of sp³-hybridized carbons (Fsp3) is 0.700. The van der Waals surface area contributed by atoms with E-state index in [1.54, 1.807) is 0 Å². The molecule has 5 nitrogen and oxygen atoms in total. The Kier molecular flexibility index (Phi) is 3.41. The summed E-state index contributed by atoms with van der Waals surface area (Å²) in [5.41, 5.74) is 3.19. The standard InChI is InChI=1S/C10H16N5/c11-9-12-10(13-15-7-4-8-15)14-5-2-1-3-6-14/h2H,1,3-8H2,(H,12,13). The fourth-order valence-electron chi connectivity index (χ4n) is 1.74. The van der Waals surface area contributed by atoms with Crippen molar-refractivity contribution in [2.45, 2.75) is 19.3 Å². The molecule has 5 heteroatoms. The van der Waals surface area contributed by atoms with Crippen molar-refractivity contribution in [3.8, 4) is 6.19 Å². The number of hydrogen-bond donors (Lipinski definition) is 1. The van der Waals surface area contributed by atoms with E-state index in [0.29, 0.717) is 5.96 Å². The zero-order chi connectivity index (χ0) is 10.5. The second kappa shape index (κ2) is 4.99. The van der Waals surface area contributed by atoms with E-state index in [1.807, 2.05) is 6.19 Å².